The highest BCUT2D eigenvalue weighted by atomic mass is 16.2. The van der Waals surface area contributed by atoms with Crippen molar-refractivity contribution in [3.05, 3.63) is 33.7 Å². The Balaban J connectivity index is 2.32. The zero-order valence-corrected chi connectivity index (χ0v) is 11.2. The Morgan fingerprint density at radius 2 is 1.94 bits per heavy atom. The lowest BCUT2D eigenvalue weighted by Crippen LogP contribution is -2.48. The summed E-state index contributed by atoms with van der Waals surface area (Å²) >= 11 is 0. The molecule has 18 heavy (non-hydrogen) atoms. The molecule has 0 spiro atoms. The molecule has 1 N–H and O–H groups in total. The van der Waals surface area contributed by atoms with Gasteiger partial charge in [0.2, 0.25) is 0 Å². The summed E-state index contributed by atoms with van der Waals surface area (Å²) in [5.74, 6) is -0.143. The molecular formula is C14H20N2O2. The van der Waals surface area contributed by atoms with E-state index in [4.69, 9.17) is 0 Å². The van der Waals surface area contributed by atoms with E-state index in [-0.39, 0.29) is 29.0 Å². The molecule has 4 heteroatoms. The minimum atomic E-state index is -0.193. The van der Waals surface area contributed by atoms with Crippen LogP contribution in [0.4, 0.5) is 0 Å². The number of aromatic nitrogens is 1. The predicted octanol–water partition coefficient (Wildman–Crippen LogP) is 2.09. The average Bonchev–Trinajstić information content (AvgIpc) is 2.28. The Morgan fingerprint density at radius 3 is 2.50 bits per heavy atom. The van der Waals surface area contributed by atoms with E-state index in [1.807, 2.05) is 11.8 Å². The molecule has 0 saturated carbocycles. The maximum atomic E-state index is 12.5. The van der Waals surface area contributed by atoms with Crippen LogP contribution in [-0.2, 0) is 0 Å². The van der Waals surface area contributed by atoms with Crippen molar-refractivity contribution in [1.82, 2.24) is 9.88 Å². The Labute approximate surface area is 107 Å². The fourth-order valence-corrected chi connectivity index (χ4v) is 2.70. The van der Waals surface area contributed by atoms with Crippen molar-refractivity contribution < 1.29 is 4.79 Å². The van der Waals surface area contributed by atoms with Crippen LogP contribution < -0.4 is 5.43 Å². The summed E-state index contributed by atoms with van der Waals surface area (Å²) in [6.07, 6.45) is 4.71. The van der Waals surface area contributed by atoms with Crippen LogP contribution >= 0.6 is 0 Å². The van der Waals surface area contributed by atoms with E-state index in [2.05, 4.69) is 18.8 Å². The second-order valence-corrected chi connectivity index (χ2v) is 5.24. The molecule has 1 aliphatic heterocycles. The maximum Gasteiger partial charge on any atom is 0.259 e. The van der Waals surface area contributed by atoms with Crippen LogP contribution in [0.1, 0.15) is 49.2 Å². The second-order valence-electron chi connectivity index (χ2n) is 5.24. The molecule has 2 atom stereocenters. The van der Waals surface area contributed by atoms with Crippen molar-refractivity contribution >= 4 is 5.91 Å². The third kappa shape index (κ3) is 2.33. The van der Waals surface area contributed by atoms with Crippen molar-refractivity contribution in [2.75, 3.05) is 0 Å². The van der Waals surface area contributed by atoms with Crippen molar-refractivity contribution in [2.45, 2.75) is 52.1 Å². The molecule has 4 nitrogen and oxygen atoms in total. The van der Waals surface area contributed by atoms with E-state index >= 15 is 0 Å². The summed E-state index contributed by atoms with van der Waals surface area (Å²) in [5.41, 5.74) is 0.832. The van der Waals surface area contributed by atoms with Crippen LogP contribution in [0.2, 0.25) is 0 Å². The Morgan fingerprint density at radius 1 is 1.33 bits per heavy atom. The first kappa shape index (κ1) is 12.9. The molecule has 1 saturated heterocycles. The highest BCUT2D eigenvalue weighted by molar-refractivity contribution is 5.94. The number of aromatic amines is 1. The van der Waals surface area contributed by atoms with Crippen molar-refractivity contribution in [2.24, 2.45) is 0 Å². The number of likely N-dealkylation sites (tertiary alicyclic amines) is 1. The highest BCUT2D eigenvalue weighted by Gasteiger charge is 2.30. The number of hydrogen-bond donors (Lipinski definition) is 1. The van der Waals surface area contributed by atoms with Gasteiger partial charge in [0, 0.05) is 30.0 Å². The first-order valence-electron chi connectivity index (χ1n) is 6.52. The topological polar surface area (TPSA) is 53.2 Å². The molecule has 1 aliphatic rings. The molecule has 1 amide bonds. The van der Waals surface area contributed by atoms with Gasteiger partial charge in [-0.1, -0.05) is 0 Å². The summed E-state index contributed by atoms with van der Waals surface area (Å²) in [5, 5.41) is 0. The number of rotatable bonds is 1. The highest BCUT2D eigenvalue weighted by Crippen LogP contribution is 2.23. The number of aryl methyl sites for hydroxylation is 1. The molecule has 0 aromatic carbocycles. The normalized spacial score (nSPS) is 24.1. The lowest BCUT2D eigenvalue weighted by atomic mass is 9.96. The van der Waals surface area contributed by atoms with Crippen molar-refractivity contribution in [3.63, 3.8) is 0 Å². The summed E-state index contributed by atoms with van der Waals surface area (Å²) in [7, 11) is 0. The van der Waals surface area contributed by atoms with E-state index in [0.29, 0.717) is 0 Å². The molecule has 2 heterocycles. The van der Waals surface area contributed by atoms with E-state index in [1.165, 1.54) is 12.3 Å². The quantitative estimate of drug-likeness (QED) is 0.827. The molecular weight excluding hydrogens is 228 g/mol. The van der Waals surface area contributed by atoms with Gasteiger partial charge >= 0.3 is 0 Å². The number of hydrogen-bond acceptors (Lipinski definition) is 2. The Bertz CT molecular complexity index is 497. The van der Waals surface area contributed by atoms with Gasteiger partial charge in [-0.2, -0.15) is 0 Å². The van der Waals surface area contributed by atoms with Crippen LogP contribution in [0.15, 0.2) is 17.1 Å². The summed E-state index contributed by atoms with van der Waals surface area (Å²) < 4.78 is 0. The molecule has 2 rings (SSSR count). The van der Waals surface area contributed by atoms with Gasteiger partial charge in [-0.3, -0.25) is 9.59 Å². The predicted molar refractivity (Wildman–Crippen MR) is 70.7 cm³/mol. The molecule has 98 valence electrons. The molecule has 0 bridgehead atoms. The summed E-state index contributed by atoms with van der Waals surface area (Å²) in [4.78, 5) is 29.1. The third-order valence-corrected chi connectivity index (χ3v) is 3.72. The fourth-order valence-electron chi connectivity index (χ4n) is 2.70. The fraction of sp³-hybridized carbons (Fsp3) is 0.571. The number of nitrogens with zero attached hydrogens (tertiary/aromatic N) is 1. The SMILES string of the molecule is Cc1cc(=O)c(C(=O)N2[C@H](C)CCC[C@@H]2C)c[nH]1. The van der Waals surface area contributed by atoms with Gasteiger partial charge in [-0.05, 0) is 40.0 Å². The lowest BCUT2D eigenvalue weighted by molar-refractivity contribution is 0.0509. The molecule has 1 fully saturated rings. The van der Waals surface area contributed by atoms with Crippen LogP contribution in [-0.4, -0.2) is 27.9 Å². The van der Waals surface area contributed by atoms with Crippen LogP contribution in [0.25, 0.3) is 0 Å². The van der Waals surface area contributed by atoms with Gasteiger partial charge in [0.15, 0.2) is 5.43 Å². The van der Waals surface area contributed by atoms with Gasteiger partial charge in [0.25, 0.3) is 5.91 Å². The summed E-state index contributed by atoms with van der Waals surface area (Å²) in [6, 6.07) is 1.90. The zero-order chi connectivity index (χ0) is 13.3. The van der Waals surface area contributed by atoms with Gasteiger partial charge in [-0.15, -0.1) is 0 Å². The maximum absolute atomic E-state index is 12.5. The van der Waals surface area contributed by atoms with E-state index in [1.54, 1.807) is 0 Å². The van der Waals surface area contributed by atoms with Gasteiger partial charge in [0.05, 0.1) is 0 Å². The number of H-pyrrole nitrogens is 1. The minimum absolute atomic E-state index is 0.143. The number of carbonyl (C=O) groups excluding carboxylic acids is 1. The lowest BCUT2D eigenvalue weighted by Gasteiger charge is -2.38. The minimum Gasteiger partial charge on any atom is -0.364 e. The van der Waals surface area contributed by atoms with Crippen LogP contribution in [0.5, 0.6) is 0 Å². The number of nitrogens with one attached hydrogen (secondary N) is 1. The van der Waals surface area contributed by atoms with Gasteiger partial charge < -0.3 is 9.88 Å². The second kappa shape index (κ2) is 4.96. The standard InChI is InChI=1S/C14H20N2O2/c1-9-7-13(17)12(8-15-9)14(18)16-10(2)5-4-6-11(16)3/h7-8,10-11H,4-6H2,1-3H3,(H,15,17)/t10-,11+. The van der Waals surface area contributed by atoms with E-state index < -0.39 is 0 Å². The Kier molecular flexibility index (Phi) is 3.55. The average molecular weight is 248 g/mol. The Hall–Kier alpha value is -1.58. The number of carbonyl (C=O) groups is 1. The first-order valence-corrected chi connectivity index (χ1v) is 6.52. The monoisotopic (exact) mass is 248 g/mol. The van der Waals surface area contributed by atoms with E-state index in [9.17, 15) is 9.59 Å². The molecule has 0 radical (unpaired) electrons. The van der Waals surface area contributed by atoms with Gasteiger partial charge in [-0.25, -0.2) is 0 Å². The van der Waals surface area contributed by atoms with Crippen LogP contribution in [0.3, 0.4) is 0 Å². The largest absolute Gasteiger partial charge is 0.364 e. The number of pyridine rings is 1. The van der Waals surface area contributed by atoms with Gasteiger partial charge in [0.1, 0.15) is 5.56 Å². The number of amides is 1. The molecule has 0 aliphatic carbocycles. The van der Waals surface area contributed by atoms with E-state index in [0.717, 1.165) is 25.0 Å². The molecule has 1 aromatic heterocycles. The third-order valence-electron chi connectivity index (χ3n) is 3.72. The van der Waals surface area contributed by atoms with Crippen molar-refractivity contribution in [1.29, 1.82) is 0 Å². The molecule has 1 aromatic rings. The smallest absolute Gasteiger partial charge is 0.259 e. The summed E-state index contributed by atoms with van der Waals surface area (Å²) in [6.45, 7) is 5.91. The van der Waals surface area contributed by atoms with Crippen LogP contribution in [0, 0.1) is 6.92 Å². The molecule has 0 unspecified atom stereocenters. The zero-order valence-electron chi connectivity index (χ0n) is 11.2. The first-order chi connectivity index (χ1) is 8.50. The van der Waals surface area contributed by atoms with Crippen molar-refractivity contribution in [3.8, 4) is 0 Å². The number of piperidine rings is 1.